The first-order chi connectivity index (χ1) is 9.95. The van der Waals surface area contributed by atoms with Gasteiger partial charge in [0.1, 0.15) is 6.04 Å². The Balaban J connectivity index is 1.88. The van der Waals surface area contributed by atoms with Gasteiger partial charge in [-0.3, -0.25) is 9.69 Å². The van der Waals surface area contributed by atoms with E-state index in [4.69, 9.17) is 5.11 Å². The second kappa shape index (κ2) is 7.04. The Bertz CT molecular complexity index is 464. The number of piperidine rings is 1. The van der Waals surface area contributed by atoms with Gasteiger partial charge in [-0.05, 0) is 38.6 Å². The third-order valence-electron chi connectivity index (χ3n) is 4.20. The molecule has 1 aliphatic carbocycles. The third-order valence-corrected chi connectivity index (χ3v) is 5.82. The van der Waals surface area contributed by atoms with Gasteiger partial charge in [0.25, 0.3) is 10.2 Å². The van der Waals surface area contributed by atoms with Gasteiger partial charge in [-0.25, -0.2) is 4.72 Å². The number of carboxylic acid groups (broad SMARTS) is 1. The number of carbonyl (C=O) groups is 1. The van der Waals surface area contributed by atoms with Crippen molar-refractivity contribution in [2.45, 2.75) is 51.1 Å². The van der Waals surface area contributed by atoms with Gasteiger partial charge in [0.2, 0.25) is 0 Å². The summed E-state index contributed by atoms with van der Waals surface area (Å²) < 4.78 is 28.2. The highest BCUT2D eigenvalue weighted by atomic mass is 32.2. The summed E-state index contributed by atoms with van der Waals surface area (Å²) in [5, 5.41) is 9.16. The predicted octanol–water partition coefficient (Wildman–Crippen LogP) is 0.244. The van der Waals surface area contributed by atoms with Crippen molar-refractivity contribution in [2.75, 3.05) is 26.2 Å². The SMILES string of the molecule is CCN(CCNS(=O)(=O)N1CCCCC1C(=O)O)C1CC1. The molecule has 2 rings (SSSR count). The van der Waals surface area contributed by atoms with Gasteiger partial charge in [-0.15, -0.1) is 0 Å². The lowest BCUT2D eigenvalue weighted by Crippen LogP contribution is -2.53. The van der Waals surface area contributed by atoms with Crippen molar-refractivity contribution in [3.05, 3.63) is 0 Å². The average molecular weight is 319 g/mol. The number of hydrogen-bond acceptors (Lipinski definition) is 4. The quantitative estimate of drug-likeness (QED) is 0.669. The zero-order valence-corrected chi connectivity index (χ0v) is 13.3. The second-order valence-electron chi connectivity index (χ2n) is 5.72. The van der Waals surface area contributed by atoms with Gasteiger partial charge in [-0.1, -0.05) is 6.92 Å². The van der Waals surface area contributed by atoms with Crippen molar-refractivity contribution in [3.63, 3.8) is 0 Å². The van der Waals surface area contributed by atoms with Crippen LogP contribution in [-0.2, 0) is 15.0 Å². The zero-order chi connectivity index (χ0) is 15.5. The van der Waals surface area contributed by atoms with Crippen LogP contribution in [0.1, 0.15) is 39.0 Å². The monoisotopic (exact) mass is 319 g/mol. The molecule has 1 saturated carbocycles. The van der Waals surface area contributed by atoms with Crippen LogP contribution in [0.5, 0.6) is 0 Å². The van der Waals surface area contributed by atoms with E-state index in [-0.39, 0.29) is 6.54 Å². The van der Waals surface area contributed by atoms with Crippen LogP contribution in [0.15, 0.2) is 0 Å². The molecule has 0 aromatic rings. The number of hydrogen-bond donors (Lipinski definition) is 2. The number of aliphatic carboxylic acids is 1. The van der Waals surface area contributed by atoms with Crippen LogP contribution >= 0.6 is 0 Å². The molecule has 2 aliphatic rings. The first-order valence-electron chi connectivity index (χ1n) is 7.69. The summed E-state index contributed by atoms with van der Waals surface area (Å²) in [4.78, 5) is 13.5. The minimum atomic E-state index is -3.71. The van der Waals surface area contributed by atoms with Crippen molar-refractivity contribution in [2.24, 2.45) is 0 Å². The highest BCUT2D eigenvalue weighted by Gasteiger charge is 2.36. The van der Waals surface area contributed by atoms with Gasteiger partial charge in [0.15, 0.2) is 0 Å². The standard InChI is InChI=1S/C13H25N3O4S/c1-2-15(11-6-7-11)10-8-14-21(19,20)16-9-4-3-5-12(16)13(17)18/h11-12,14H,2-10H2,1H3,(H,17,18). The number of rotatable bonds is 8. The highest BCUT2D eigenvalue weighted by Crippen LogP contribution is 2.26. The van der Waals surface area contributed by atoms with E-state index in [1.165, 1.54) is 12.8 Å². The zero-order valence-electron chi connectivity index (χ0n) is 12.5. The van der Waals surface area contributed by atoms with Crippen LogP contribution in [0.2, 0.25) is 0 Å². The fourth-order valence-electron chi connectivity index (χ4n) is 2.88. The van der Waals surface area contributed by atoms with Crippen LogP contribution in [0, 0.1) is 0 Å². The maximum Gasteiger partial charge on any atom is 0.322 e. The molecular weight excluding hydrogens is 294 g/mol. The summed E-state index contributed by atoms with van der Waals surface area (Å²) in [6.45, 7) is 4.26. The smallest absolute Gasteiger partial charge is 0.322 e. The maximum atomic E-state index is 12.3. The molecule has 1 unspecified atom stereocenters. The van der Waals surface area contributed by atoms with Crippen LogP contribution in [0.3, 0.4) is 0 Å². The maximum absolute atomic E-state index is 12.3. The lowest BCUT2D eigenvalue weighted by atomic mass is 10.1. The molecule has 8 heteroatoms. The molecule has 0 spiro atoms. The van der Waals surface area contributed by atoms with E-state index in [2.05, 4.69) is 16.5 Å². The summed E-state index contributed by atoms with van der Waals surface area (Å²) in [6.07, 6.45) is 4.24. The van der Waals surface area contributed by atoms with Gasteiger partial charge in [-0.2, -0.15) is 12.7 Å². The van der Waals surface area contributed by atoms with E-state index in [0.717, 1.165) is 17.3 Å². The Morgan fingerprint density at radius 1 is 1.33 bits per heavy atom. The topological polar surface area (TPSA) is 90.0 Å². The Morgan fingerprint density at radius 2 is 2.05 bits per heavy atom. The molecule has 7 nitrogen and oxygen atoms in total. The molecule has 1 heterocycles. The lowest BCUT2D eigenvalue weighted by molar-refractivity contribution is -0.142. The predicted molar refractivity (Wildman–Crippen MR) is 79.2 cm³/mol. The van der Waals surface area contributed by atoms with Gasteiger partial charge in [0.05, 0.1) is 0 Å². The number of carboxylic acids is 1. The number of likely N-dealkylation sites (N-methyl/N-ethyl adjacent to an activating group) is 1. The minimum absolute atomic E-state index is 0.284. The largest absolute Gasteiger partial charge is 0.480 e. The summed E-state index contributed by atoms with van der Waals surface area (Å²) in [6, 6.07) is -0.330. The Hall–Kier alpha value is -0.700. The van der Waals surface area contributed by atoms with Crippen molar-refractivity contribution in [1.82, 2.24) is 13.9 Å². The first-order valence-corrected chi connectivity index (χ1v) is 9.13. The normalized spacial score (nSPS) is 24.4. The Morgan fingerprint density at radius 3 is 2.62 bits per heavy atom. The molecule has 0 radical (unpaired) electrons. The van der Waals surface area contributed by atoms with Gasteiger partial charge in [0, 0.05) is 25.7 Å². The van der Waals surface area contributed by atoms with Crippen LogP contribution in [-0.4, -0.2) is 67.0 Å². The molecule has 122 valence electrons. The lowest BCUT2D eigenvalue weighted by Gasteiger charge is -2.32. The van der Waals surface area contributed by atoms with Gasteiger partial charge < -0.3 is 5.11 Å². The van der Waals surface area contributed by atoms with Crippen molar-refractivity contribution >= 4 is 16.2 Å². The molecule has 1 atom stereocenters. The molecule has 0 aromatic carbocycles. The Labute approximate surface area is 126 Å². The number of nitrogens with one attached hydrogen (secondary N) is 1. The van der Waals surface area contributed by atoms with Crippen molar-refractivity contribution in [3.8, 4) is 0 Å². The van der Waals surface area contributed by atoms with Crippen LogP contribution < -0.4 is 4.72 Å². The summed E-state index contributed by atoms with van der Waals surface area (Å²) in [5.41, 5.74) is 0. The van der Waals surface area contributed by atoms with Gasteiger partial charge >= 0.3 is 5.97 Å². The van der Waals surface area contributed by atoms with E-state index < -0.39 is 22.2 Å². The first kappa shape index (κ1) is 16.7. The third kappa shape index (κ3) is 4.38. The van der Waals surface area contributed by atoms with Crippen LogP contribution in [0.25, 0.3) is 0 Å². The molecule has 2 N–H and O–H groups in total. The highest BCUT2D eigenvalue weighted by molar-refractivity contribution is 7.87. The van der Waals surface area contributed by atoms with Crippen LogP contribution in [0.4, 0.5) is 0 Å². The summed E-state index contributed by atoms with van der Waals surface area (Å²) >= 11 is 0. The second-order valence-corrected chi connectivity index (χ2v) is 7.43. The fraction of sp³-hybridized carbons (Fsp3) is 0.923. The molecule has 2 fully saturated rings. The van der Waals surface area contributed by atoms with E-state index in [9.17, 15) is 13.2 Å². The molecular formula is C13H25N3O4S. The Kier molecular flexibility index (Phi) is 5.59. The molecule has 0 bridgehead atoms. The van der Waals surface area contributed by atoms with E-state index >= 15 is 0 Å². The molecule has 0 aromatic heterocycles. The van der Waals surface area contributed by atoms with Crippen molar-refractivity contribution < 1.29 is 18.3 Å². The van der Waals surface area contributed by atoms with Crippen molar-refractivity contribution in [1.29, 1.82) is 0 Å². The summed E-state index contributed by atoms with van der Waals surface area (Å²) in [5.74, 6) is -1.06. The van der Waals surface area contributed by atoms with E-state index in [0.29, 0.717) is 32.0 Å². The molecule has 21 heavy (non-hydrogen) atoms. The van der Waals surface area contributed by atoms with E-state index in [1.807, 2.05) is 0 Å². The molecule has 1 aliphatic heterocycles. The molecule has 1 saturated heterocycles. The average Bonchev–Trinajstić information content (AvgIpc) is 3.28. The minimum Gasteiger partial charge on any atom is -0.480 e. The molecule has 0 amide bonds. The number of nitrogens with zero attached hydrogens (tertiary/aromatic N) is 2. The summed E-state index contributed by atoms with van der Waals surface area (Å²) in [7, 11) is -3.71. The fourth-order valence-corrected chi connectivity index (χ4v) is 4.29. The van der Waals surface area contributed by atoms with E-state index in [1.54, 1.807) is 0 Å².